The van der Waals surface area contributed by atoms with E-state index in [1.54, 1.807) is 25.1 Å². The average Bonchev–Trinajstić information content (AvgIpc) is 2.48. The van der Waals surface area contributed by atoms with E-state index in [4.69, 9.17) is 5.11 Å². The summed E-state index contributed by atoms with van der Waals surface area (Å²) >= 11 is 0. The SMILES string of the molecule is CC(O)CN=Cc1cc(N=Nc2ccccc2)ccc1O. The van der Waals surface area contributed by atoms with Crippen molar-refractivity contribution in [1.29, 1.82) is 0 Å². The molecule has 0 heterocycles. The van der Waals surface area contributed by atoms with E-state index in [9.17, 15) is 5.11 Å². The topological polar surface area (TPSA) is 77.5 Å². The summed E-state index contributed by atoms with van der Waals surface area (Å²) in [6.45, 7) is 1.94. The molecule has 0 spiro atoms. The van der Waals surface area contributed by atoms with Crippen LogP contribution in [0, 0.1) is 0 Å². The van der Waals surface area contributed by atoms with Gasteiger partial charge in [-0.3, -0.25) is 4.99 Å². The Bertz CT molecular complexity index is 637. The number of rotatable bonds is 5. The number of aromatic hydroxyl groups is 1. The average molecular weight is 283 g/mol. The van der Waals surface area contributed by atoms with Crippen molar-refractivity contribution < 1.29 is 10.2 Å². The summed E-state index contributed by atoms with van der Waals surface area (Å²) in [5.41, 5.74) is 1.92. The summed E-state index contributed by atoms with van der Waals surface area (Å²) in [5.74, 6) is 0.114. The number of hydrogen-bond donors (Lipinski definition) is 2. The Kier molecular flexibility index (Phi) is 5.17. The number of aliphatic hydroxyl groups excluding tert-OH is 1. The van der Waals surface area contributed by atoms with E-state index < -0.39 is 6.10 Å². The van der Waals surface area contributed by atoms with Crippen LogP contribution in [-0.4, -0.2) is 29.1 Å². The maximum absolute atomic E-state index is 9.76. The number of azo groups is 1. The molecule has 1 atom stereocenters. The molecule has 2 N–H and O–H groups in total. The van der Waals surface area contributed by atoms with Crippen molar-refractivity contribution in [3.63, 3.8) is 0 Å². The summed E-state index contributed by atoms with van der Waals surface area (Å²) in [6, 6.07) is 14.3. The van der Waals surface area contributed by atoms with Crippen LogP contribution < -0.4 is 0 Å². The molecule has 2 aromatic carbocycles. The summed E-state index contributed by atoms with van der Waals surface area (Å²) in [7, 11) is 0. The first kappa shape index (κ1) is 14.9. The molecule has 0 saturated heterocycles. The van der Waals surface area contributed by atoms with Gasteiger partial charge in [0.25, 0.3) is 0 Å². The lowest BCUT2D eigenvalue weighted by atomic mass is 10.2. The van der Waals surface area contributed by atoms with Crippen LogP contribution in [0.25, 0.3) is 0 Å². The van der Waals surface area contributed by atoms with Crippen molar-refractivity contribution in [3.8, 4) is 5.75 Å². The first-order valence-electron chi connectivity index (χ1n) is 6.63. The number of phenolic OH excluding ortho intramolecular Hbond substituents is 1. The third-order valence-corrected chi connectivity index (χ3v) is 2.65. The Labute approximate surface area is 123 Å². The van der Waals surface area contributed by atoms with Crippen LogP contribution in [0.15, 0.2) is 63.8 Å². The van der Waals surface area contributed by atoms with Crippen molar-refractivity contribution in [2.24, 2.45) is 15.2 Å². The summed E-state index contributed by atoms with van der Waals surface area (Å²) in [5, 5.41) is 27.2. The minimum absolute atomic E-state index is 0.114. The second kappa shape index (κ2) is 7.31. The minimum Gasteiger partial charge on any atom is -0.507 e. The van der Waals surface area contributed by atoms with Crippen LogP contribution in [0.1, 0.15) is 12.5 Å². The Morgan fingerprint density at radius 1 is 1.05 bits per heavy atom. The van der Waals surface area contributed by atoms with Crippen LogP contribution in [0.2, 0.25) is 0 Å². The maximum atomic E-state index is 9.76. The molecule has 0 aliphatic heterocycles. The third kappa shape index (κ3) is 4.81. The van der Waals surface area contributed by atoms with E-state index in [1.165, 1.54) is 6.21 Å². The van der Waals surface area contributed by atoms with Crippen LogP contribution in [0.4, 0.5) is 11.4 Å². The van der Waals surface area contributed by atoms with Gasteiger partial charge in [-0.2, -0.15) is 10.2 Å². The van der Waals surface area contributed by atoms with Crippen molar-refractivity contribution in [1.82, 2.24) is 0 Å². The van der Waals surface area contributed by atoms with E-state index in [0.717, 1.165) is 5.69 Å². The highest BCUT2D eigenvalue weighted by molar-refractivity contribution is 5.84. The molecule has 5 heteroatoms. The van der Waals surface area contributed by atoms with E-state index in [0.29, 0.717) is 11.3 Å². The Morgan fingerprint density at radius 2 is 1.76 bits per heavy atom. The number of aliphatic imine (C=N–C) groups is 1. The molecule has 108 valence electrons. The fourth-order valence-electron chi connectivity index (χ4n) is 1.62. The molecule has 0 bridgehead atoms. The standard InChI is InChI=1S/C16H17N3O2/c1-12(20)10-17-11-13-9-15(7-8-16(13)21)19-18-14-5-3-2-4-6-14/h2-9,11-12,20-21H,10H2,1H3. The van der Waals surface area contributed by atoms with Gasteiger partial charge in [0, 0.05) is 11.8 Å². The summed E-state index contributed by atoms with van der Waals surface area (Å²) < 4.78 is 0. The molecule has 0 aliphatic carbocycles. The third-order valence-electron chi connectivity index (χ3n) is 2.65. The van der Waals surface area contributed by atoms with Gasteiger partial charge in [0.05, 0.1) is 24.0 Å². The zero-order valence-corrected chi connectivity index (χ0v) is 11.7. The highest BCUT2D eigenvalue weighted by atomic mass is 16.3. The second-order valence-electron chi connectivity index (χ2n) is 4.62. The molecule has 1 unspecified atom stereocenters. The van der Waals surface area contributed by atoms with Gasteiger partial charge in [-0.1, -0.05) is 18.2 Å². The maximum Gasteiger partial charge on any atom is 0.124 e. The molecule has 2 aromatic rings. The Balaban J connectivity index is 2.15. The van der Waals surface area contributed by atoms with Gasteiger partial charge in [0.15, 0.2) is 0 Å². The number of nitrogens with zero attached hydrogens (tertiary/aromatic N) is 3. The predicted molar refractivity (Wildman–Crippen MR) is 82.9 cm³/mol. The van der Waals surface area contributed by atoms with Crippen LogP contribution in [0.5, 0.6) is 5.75 Å². The monoisotopic (exact) mass is 283 g/mol. The van der Waals surface area contributed by atoms with Crippen molar-refractivity contribution in [3.05, 3.63) is 54.1 Å². The summed E-state index contributed by atoms with van der Waals surface area (Å²) in [4.78, 5) is 4.05. The van der Waals surface area contributed by atoms with Gasteiger partial charge < -0.3 is 10.2 Å². The molecule has 0 aliphatic rings. The molecule has 21 heavy (non-hydrogen) atoms. The molecule has 0 aromatic heterocycles. The number of phenols is 1. The van der Waals surface area contributed by atoms with Crippen molar-refractivity contribution in [2.45, 2.75) is 13.0 Å². The Hall–Kier alpha value is -2.53. The van der Waals surface area contributed by atoms with E-state index in [2.05, 4.69) is 15.2 Å². The Morgan fingerprint density at radius 3 is 2.48 bits per heavy atom. The lowest BCUT2D eigenvalue weighted by Gasteiger charge is -2.01. The highest BCUT2D eigenvalue weighted by Crippen LogP contribution is 2.23. The molecule has 0 amide bonds. The first-order valence-corrected chi connectivity index (χ1v) is 6.63. The predicted octanol–water partition coefficient (Wildman–Crippen LogP) is 3.61. The van der Waals surface area contributed by atoms with Gasteiger partial charge in [-0.25, -0.2) is 0 Å². The van der Waals surface area contributed by atoms with E-state index in [-0.39, 0.29) is 12.3 Å². The smallest absolute Gasteiger partial charge is 0.124 e. The van der Waals surface area contributed by atoms with Crippen molar-refractivity contribution in [2.75, 3.05) is 6.54 Å². The summed E-state index contributed by atoms with van der Waals surface area (Å²) in [6.07, 6.45) is 1.01. The van der Waals surface area contributed by atoms with E-state index in [1.807, 2.05) is 30.3 Å². The number of benzene rings is 2. The molecule has 5 nitrogen and oxygen atoms in total. The lowest BCUT2D eigenvalue weighted by Crippen LogP contribution is -2.03. The van der Waals surface area contributed by atoms with Crippen LogP contribution in [0.3, 0.4) is 0 Å². The quantitative estimate of drug-likeness (QED) is 0.649. The zero-order valence-electron chi connectivity index (χ0n) is 11.7. The lowest BCUT2D eigenvalue weighted by molar-refractivity contribution is 0.204. The normalized spacial score (nSPS) is 13.0. The largest absolute Gasteiger partial charge is 0.507 e. The molecule has 2 rings (SSSR count). The molecular formula is C16H17N3O2. The molecule has 0 saturated carbocycles. The number of hydrogen-bond acceptors (Lipinski definition) is 5. The highest BCUT2D eigenvalue weighted by Gasteiger charge is 2.00. The van der Waals surface area contributed by atoms with Crippen LogP contribution >= 0.6 is 0 Å². The van der Waals surface area contributed by atoms with E-state index >= 15 is 0 Å². The van der Waals surface area contributed by atoms with Crippen molar-refractivity contribution >= 4 is 17.6 Å². The second-order valence-corrected chi connectivity index (χ2v) is 4.62. The number of aliphatic hydroxyl groups is 1. The van der Waals surface area contributed by atoms with Gasteiger partial charge in [-0.05, 0) is 37.3 Å². The van der Waals surface area contributed by atoms with Gasteiger partial charge >= 0.3 is 0 Å². The van der Waals surface area contributed by atoms with Gasteiger partial charge in [0.1, 0.15) is 5.75 Å². The fourth-order valence-corrected chi connectivity index (χ4v) is 1.62. The first-order chi connectivity index (χ1) is 10.1. The van der Waals surface area contributed by atoms with Gasteiger partial charge in [-0.15, -0.1) is 0 Å². The van der Waals surface area contributed by atoms with Gasteiger partial charge in [0.2, 0.25) is 0 Å². The fraction of sp³-hybridized carbons (Fsp3) is 0.188. The van der Waals surface area contributed by atoms with Crippen LogP contribution in [-0.2, 0) is 0 Å². The molecule has 0 fully saturated rings. The molecule has 0 radical (unpaired) electrons. The molecular weight excluding hydrogens is 266 g/mol. The minimum atomic E-state index is -0.510. The zero-order chi connectivity index (χ0) is 15.1.